The average molecular weight is 382 g/mol. The first kappa shape index (κ1) is 18.9. The molecular formula is C18H20F2N2O3S. The molecule has 8 heteroatoms. The van der Waals surface area contributed by atoms with Crippen molar-refractivity contribution in [3.8, 4) is 0 Å². The summed E-state index contributed by atoms with van der Waals surface area (Å²) in [7, 11) is -3.85. The normalized spacial score (nSPS) is 17.2. The van der Waals surface area contributed by atoms with E-state index in [1.807, 2.05) is 0 Å². The maximum atomic E-state index is 13.3. The highest BCUT2D eigenvalue weighted by Gasteiger charge is 2.25. The van der Waals surface area contributed by atoms with E-state index >= 15 is 0 Å². The summed E-state index contributed by atoms with van der Waals surface area (Å²) in [4.78, 5) is 1.96. The SMILES string of the molecule is O=S(=O)(NCC(c1ccc(F)cc1)N1CCOCC1)c1cccc(F)c1. The standard InChI is InChI=1S/C18H20F2N2O3S/c19-15-6-4-14(5-7-15)18(22-8-10-25-11-9-22)13-21-26(23,24)17-3-1-2-16(20)12-17/h1-7,12,18,21H,8-11,13H2. The molecule has 2 aromatic rings. The Kier molecular flexibility index (Phi) is 5.98. The molecule has 3 rings (SSSR count). The van der Waals surface area contributed by atoms with E-state index in [-0.39, 0.29) is 23.3 Å². The second-order valence-electron chi connectivity index (χ2n) is 6.02. The molecule has 0 spiro atoms. The lowest BCUT2D eigenvalue weighted by Gasteiger charge is -2.34. The Morgan fingerprint density at radius 3 is 2.38 bits per heavy atom. The molecule has 1 fully saturated rings. The maximum absolute atomic E-state index is 13.3. The van der Waals surface area contributed by atoms with Crippen molar-refractivity contribution < 1.29 is 21.9 Å². The van der Waals surface area contributed by atoms with Crippen LogP contribution in [0.1, 0.15) is 11.6 Å². The Bertz CT molecular complexity index is 838. The lowest BCUT2D eigenvalue weighted by Crippen LogP contribution is -2.43. The maximum Gasteiger partial charge on any atom is 0.240 e. The number of nitrogens with zero attached hydrogens (tertiary/aromatic N) is 1. The van der Waals surface area contributed by atoms with Crippen LogP contribution in [-0.2, 0) is 14.8 Å². The van der Waals surface area contributed by atoms with Crippen LogP contribution in [0.3, 0.4) is 0 Å². The molecule has 0 amide bonds. The van der Waals surface area contributed by atoms with Gasteiger partial charge in [-0.3, -0.25) is 4.90 Å². The fourth-order valence-electron chi connectivity index (χ4n) is 2.94. The first-order chi connectivity index (χ1) is 12.5. The third-order valence-electron chi connectivity index (χ3n) is 4.31. The summed E-state index contributed by atoms with van der Waals surface area (Å²) in [5, 5.41) is 0. The molecule has 1 N–H and O–H groups in total. The number of morpholine rings is 1. The molecule has 26 heavy (non-hydrogen) atoms. The summed E-state index contributed by atoms with van der Waals surface area (Å²) in [5.74, 6) is -0.967. The molecular weight excluding hydrogens is 362 g/mol. The van der Waals surface area contributed by atoms with Crippen LogP contribution in [-0.4, -0.2) is 46.2 Å². The van der Waals surface area contributed by atoms with Gasteiger partial charge in [0.05, 0.1) is 18.1 Å². The van der Waals surface area contributed by atoms with Gasteiger partial charge in [0, 0.05) is 25.7 Å². The van der Waals surface area contributed by atoms with Crippen molar-refractivity contribution in [1.29, 1.82) is 0 Å². The Morgan fingerprint density at radius 2 is 1.73 bits per heavy atom. The zero-order valence-electron chi connectivity index (χ0n) is 14.1. The summed E-state index contributed by atoms with van der Waals surface area (Å²) in [6.07, 6.45) is 0. The van der Waals surface area contributed by atoms with Crippen LogP contribution >= 0.6 is 0 Å². The Labute approximate surface area is 151 Å². The Balaban J connectivity index is 1.80. The molecule has 0 radical (unpaired) electrons. The number of rotatable bonds is 6. The van der Waals surface area contributed by atoms with Gasteiger partial charge in [0.25, 0.3) is 0 Å². The van der Waals surface area contributed by atoms with E-state index in [4.69, 9.17) is 4.74 Å². The molecule has 0 aromatic heterocycles. The van der Waals surface area contributed by atoms with Gasteiger partial charge >= 0.3 is 0 Å². The molecule has 1 saturated heterocycles. The first-order valence-electron chi connectivity index (χ1n) is 8.28. The largest absolute Gasteiger partial charge is 0.379 e. The molecule has 1 aliphatic rings. The Hall–Kier alpha value is -1.87. The van der Waals surface area contributed by atoms with Crippen LogP contribution in [0.25, 0.3) is 0 Å². The summed E-state index contributed by atoms with van der Waals surface area (Å²) in [5.41, 5.74) is 0.801. The van der Waals surface area contributed by atoms with Crippen molar-refractivity contribution in [3.63, 3.8) is 0 Å². The minimum atomic E-state index is -3.85. The van der Waals surface area contributed by atoms with Gasteiger partial charge < -0.3 is 4.74 Å². The van der Waals surface area contributed by atoms with E-state index in [0.29, 0.717) is 26.3 Å². The smallest absolute Gasteiger partial charge is 0.240 e. The van der Waals surface area contributed by atoms with Gasteiger partial charge in [-0.05, 0) is 35.9 Å². The Morgan fingerprint density at radius 1 is 1.04 bits per heavy atom. The number of ether oxygens (including phenoxy) is 1. The fraction of sp³-hybridized carbons (Fsp3) is 0.333. The minimum Gasteiger partial charge on any atom is -0.379 e. The summed E-state index contributed by atoms with van der Waals surface area (Å²) in [6.45, 7) is 2.47. The zero-order chi connectivity index (χ0) is 18.6. The minimum absolute atomic E-state index is 0.0878. The quantitative estimate of drug-likeness (QED) is 0.833. The van der Waals surface area contributed by atoms with Crippen LogP contribution < -0.4 is 4.72 Å². The van der Waals surface area contributed by atoms with E-state index < -0.39 is 15.8 Å². The number of nitrogens with one attached hydrogen (secondary N) is 1. The van der Waals surface area contributed by atoms with E-state index in [1.165, 1.54) is 30.3 Å². The lowest BCUT2D eigenvalue weighted by atomic mass is 10.0. The van der Waals surface area contributed by atoms with E-state index in [2.05, 4.69) is 9.62 Å². The van der Waals surface area contributed by atoms with Gasteiger partial charge in [0.1, 0.15) is 11.6 Å². The van der Waals surface area contributed by atoms with Crippen molar-refractivity contribution >= 4 is 10.0 Å². The average Bonchev–Trinajstić information content (AvgIpc) is 2.64. The van der Waals surface area contributed by atoms with E-state index in [1.54, 1.807) is 12.1 Å². The van der Waals surface area contributed by atoms with Crippen molar-refractivity contribution in [1.82, 2.24) is 9.62 Å². The molecule has 1 aliphatic heterocycles. The second kappa shape index (κ2) is 8.22. The zero-order valence-corrected chi connectivity index (χ0v) is 14.9. The van der Waals surface area contributed by atoms with Crippen LogP contribution in [0, 0.1) is 11.6 Å². The monoisotopic (exact) mass is 382 g/mol. The van der Waals surface area contributed by atoms with E-state index in [9.17, 15) is 17.2 Å². The van der Waals surface area contributed by atoms with Gasteiger partial charge in [0.2, 0.25) is 10.0 Å². The predicted octanol–water partition coefficient (Wildman–Crippen LogP) is 2.32. The molecule has 0 bridgehead atoms. The molecule has 0 saturated carbocycles. The molecule has 140 valence electrons. The molecule has 1 heterocycles. The van der Waals surface area contributed by atoms with E-state index in [0.717, 1.165) is 11.6 Å². The van der Waals surface area contributed by atoms with Crippen molar-refractivity contribution in [2.75, 3.05) is 32.8 Å². The number of hydrogen-bond acceptors (Lipinski definition) is 4. The second-order valence-corrected chi connectivity index (χ2v) is 7.79. The number of halogens is 2. The molecule has 0 aliphatic carbocycles. The topological polar surface area (TPSA) is 58.6 Å². The fourth-order valence-corrected chi connectivity index (χ4v) is 4.01. The first-order valence-corrected chi connectivity index (χ1v) is 9.76. The number of sulfonamides is 1. The van der Waals surface area contributed by atoms with Crippen LogP contribution in [0.2, 0.25) is 0 Å². The summed E-state index contributed by atoms with van der Waals surface area (Å²) < 4.78 is 59.4. The third kappa shape index (κ3) is 4.64. The molecule has 1 unspecified atom stereocenters. The highest BCUT2D eigenvalue weighted by molar-refractivity contribution is 7.89. The van der Waals surface area contributed by atoms with Gasteiger partial charge in [-0.25, -0.2) is 21.9 Å². The molecule has 5 nitrogen and oxygen atoms in total. The highest BCUT2D eigenvalue weighted by atomic mass is 32.2. The van der Waals surface area contributed by atoms with Crippen molar-refractivity contribution in [3.05, 3.63) is 65.7 Å². The number of hydrogen-bond donors (Lipinski definition) is 1. The van der Waals surface area contributed by atoms with Gasteiger partial charge in [-0.15, -0.1) is 0 Å². The van der Waals surface area contributed by atoms with Crippen molar-refractivity contribution in [2.45, 2.75) is 10.9 Å². The summed E-state index contributed by atoms with van der Waals surface area (Å²) in [6, 6.07) is 10.6. The van der Waals surface area contributed by atoms with Gasteiger partial charge in [0.15, 0.2) is 0 Å². The van der Waals surface area contributed by atoms with Crippen LogP contribution in [0.4, 0.5) is 8.78 Å². The third-order valence-corrected chi connectivity index (χ3v) is 5.74. The molecule has 1 atom stereocenters. The van der Waals surface area contributed by atoms with Crippen molar-refractivity contribution in [2.24, 2.45) is 0 Å². The van der Waals surface area contributed by atoms with Gasteiger partial charge in [-0.2, -0.15) is 0 Å². The van der Waals surface area contributed by atoms with Gasteiger partial charge in [-0.1, -0.05) is 18.2 Å². The lowest BCUT2D eigenvalue weighted by molar-refractivity contribution is 0.0172. The highest BCUT2D eigenvalue weighted by Crippen LogP contribution is 2.22. The predicted molar refractivity (Wildman–Crippen MR) is 93.1 cm³/mol. The number of benzene rings is 2. The summed E-state index contributed by atoms with van der Waals surface area (Å²) >= 11 is 0. The van der Waals surface area contributed by atoms with Crippen LogP contribution in [0.15, 0.2) is 53.4 Å². The van der Waals surface area contributed by atoms with Crippen LogP contribution in [0.5, 0.6) is 0 Å². The molecule has 2 aromatic carbocycles.